The molecule has 108 valence electrons. The Hall–Kier alpha value is -1.62. The second-order valence-corrected chi connectivity index (χ2v) is 6.04. The highest BCUT2D eigenvalue weighted by Crippen LogP contribution is 2.49. The van der Waals surface area contributed by atoms with Crippen molar-refractivity contribution in [1.29, 1.82) is 0 Å². The SMILES string of the molecule is O=C(O)[C@@]12CCC[C@H]1CN(Cc1cc(O)cc(F)c1)C2. The zero-order chi connectivity index (χ0) is 14.3. The summed E-state index contributed by atoms with van der Waals surface area (Å²) in [6, 6.07) is 3.99. The summed E-state index contributed by atoms with van der Waals surface area (Å²) in [6.45, 7) is 1.74. The van der Waals surface area contributed by atoms with E-state index < -0.39 is 17.2 Å². The van der Waals surface area contributed by atoms with Gasteiger partial charge in [0, 0.05) is 25.7 Å². The molecule has 1 saturated heterocycles. The van der Waals surface area contributed by atoms with Gasteiger partial charge in [0.25, 0.3) is 0 Å². The first-order chi connectivity index (χ1) is 9.49. The van der Waals surface area contributed by atoms with E-state index in [0.717, 1.165) is 31.9 Å². The number of halogens is 1. The normalized spacial score (nSPS) is 29.6. The van der Waals surface area contributed by atoms with Crippen molar-refractivity contribution in [3.05, 3.63) is 29.6 Å². The molecular formula is C15H18FNO3. The van der Waals surface area contributed by atoms with Crippen LogP contribution in [0.2, 0.25) is 0 Å². The van der Waals surface area contributed by atoms with Crippen molar-refractivity contribution in [1.82, 2.24) is 4.90 Å². The molecule has 3 rings (SSSR count). The number of phenolic OH excluding ortho intramolecular Hbond substituents is 1. The van der Waals surface area contributed by atoms with Crippen LogP contribution in [0, 0.1) is 17.2 Å². The van der Waals surface area contributed by atoms with E-state index >= 15 is 0 Å². The van der Waals surface area contributed by atoms with Crippen LogP contribution >= 0.6 is 0 Å². The van der Waals surface area contributed by atoms with E-state index in [9.17, 15) is 19.4 Å². The summed E-state index contributed by atoms with van der Waals surface area (Å²) in [5, 5.41) is 18.9. The third-order valence-electron chi connectivity index (χ3n) is 4.72. The third-order valence-corrected chi connectivity index (χ3v) is 4.72. The number of hydrogen-bond donors (Lipinski definition) is 2. The maximum atomic E-state index is 13.3. The van der Waals surface area contributed by atoms with E-state index in [1.807, 2.05) is 0 Å². The maximum Gasteiger partial charge on any atom is 0.311 e. The second kappa shape index (κ2) is 4.74. The van der Waals surface area contributed by atoms with Crippen molar-refractivity contribution in [3.63, 3.8) is 0 Å². The zero-order valence-corrected chi connectivity index (χ0v) is 11.2. The Morgan fingerprint density at radius 3 is 2.90 bits per heavy atom. The zero-order valence-electron chi connectivity index (χ0n) is 11.2. The average Bonchev–Trinajstić information content (AvgIpc) is 2.84. The maximum absolute atomic E-state index is 13.3. The van der Waals surface area contributed by atoms with Gasteiger partial charge in [0.05, 0.1) is 5.41 Å². The number of carboxylic acids is 1. The predicted molar refractivity (Wildman–Crippen MR) is 70.8 cm³/mol. The van der Waals surface area contributed by atoms with Crippen molar-refractivity contribution in [2.45, 2.75) is 25.8 Å². The Balaban J connectivity index is 1.76. The van der Waals surface area contributed by atoms with Crippen LogP contribution in [0.1, 0.15) is 24.8 Å². The first-order valence-corrected chi connectivity index (χ1v) is 6.94. The highest BCUT2D eigenvalue weighted by atomic mass is 19.1. The van der Waals surface area contributed by atoms with Crippen LogP contribution in [0.25, 0.3) is 0 Å². The Morgan fingerprint density at radius 2 is 2.25 bits per heavy atom. The fraction of sp³-hybridized carbons (Fsp3) is 0.533. The summed E-state index contributed by atoms with van der Waals surface area (Å²) < 4.78 is 13.3. The van der Waals surface area contributed by atoms with Crippen molar-refractivity contribution >= 4 is 5.97 Å². The number of aliphatic carboxylic acids is 1. The number of carboxylic acid groups (broad SMARTS) is 1. The number of carbonyl (C=O) groups is 1. The van der Waals surface area contributed by atoms with Crippen LogP contribution in [0.4, 0.5) is 4.39 Å². The molecule has 4 nitrogen and oxygen atoms in total. The summed E-state index contributed by atoms with van der Waals surface area (Å²) in [4.78, 5) is 13.6. The van der Waals surface area contributed by atoms with Gasteiger partial charge in [-0.05, 0) is 36.5 Å². The van der Waals surface area contributed by atoms with Gasteiger partial charge in [-0.15, -0.1) is 0 Å². The molecule has 0 amide bonds. The lowest BCUT2D eigenvalue weighted by molar-refractivity contribution is -0.149. The van der Waals surface area contributed by atoms with Crippen LogP contribution < -0.4 is 0 Å². The molecule has 2 aliphatic rings. The average molecular weight is 279 g/mol. The Labute approximate surface area is 116 Å². The number of rotatable bonds is 3. The van der Waals surface area contributed by atoms with E-state index in [4.69, 9.17) is 0 Å². The quantitative estimate of drug-likeness (QED) is 0.890. The second-order valence-electron chi connectivity index (χ2n) is 6.04. The smallest absolute Gasteiger partial charge is 0.311 e. The molecule has 1 aromatic carbocycles. The van der Waals surface area contributed by atoms with Gasteiger partial charge < -0.3 is 10.2 Å². The largest absolute Gasteiger partial charge is 0.508 e. The first-order valence-electron chi connectivity index (χ1n) is 6.94. The van der Waals surface area contributed by atoms with E-state index in [-0.39, 0.29) is 11.7 Å². The molecule has 0 radical (unpaired) electrons. The van der Waals surface area contributed by atoms with Gasteiger partial charge in [0.2, 0.25) is 0 Å². The predicted octanol–water partition coefficient (Wildman–Crippen LogP) is 2.22. The van der Waals surface area contributed by atoms with Crippen molar-refractivity contribution in [2.24, 2.45) is 11.3 Å². The number of phenols is 1. The minimum Gasteiger partial charge on any atom is -0.508 e. The summed E-state index contributed by atoms with van der Waals surface area (Å²) >= 11 is 0. The lowest BCUT2D eigenvalue weighted by Gasteiger charge is -2.23. The molecule has 0 bridgehead atoms. The number of fused-ring (bicyclic) bond motifs is 1. The molecule has 2 N–H and O–H groups in total. The molecule has 2 fully saturated rings. The number of aromatic hydroxyl groups is 1. The molecule has 1 saturated carbocycles. The Morgan fingerprint density at radius 1 is 1.45 bits per heavy atom. The number of likely N-dealkylation sites (tertiary alicyclic amines) is 1. The van der Waals surface area contributed by atoms with Crippen LogP contribution in [0.5, 0.6) is 5.75 Å². The summed E-state index contributed by atoms with van der Waals surface area (Å²) in [6.07, 6.45) is 2.67. The molecule has 1 aromatic rings. The van der Waals surface area contributed by atoms with Gasteiger partial charge in [-0.2, -0.15) is 0 Å². The lowest BCUT2D eigenvalue weighted by atomic mass is 9.81. The summed E-state index contributed by atoms with van der Waals surface area (Å²) in [5.74, 6) is -1.06. The minimum absolute atomic E-state index is 0.0904. The molecule has 2 atom stereocenters. The molecule has 5 heteroatoms. The molecule has 20 heavy (non-hydrogen) atoms. The van der Waals surface area contributed by atoms with Crippen LogP contribution in [0.15, 0.2) is 18.2 Å². The number of benzene rings is 1. The number of nitrogens with zero attached hydrogens (tertiary/aromatic N) is 1. The standard InChI is InChI=1S/C15H18FNO3/c16-12-4-10(5-13(18)6-12)7-17-8-11-2-1-3-15(11,9-17)14(19)20/h4-6,11,18H,1-3,7-9H2,(H,19,20)/t11-,15+/m0/s1. The minimum atomic E-state index is -0.704. The highest BCUT2D eigenvalue weighted by Gasteiger charge is 2.54. The van der Waals surface area contributed by atoms with Crippen molar-refractivity contribution in [2.75, 3.05) is 13.1 Å². The molecule has 1 aliphatic carbocycles. The van der Waals surface area contributed by atoms with Gasteiger partial charge in [-0.3, -0.25) is 9.69 Å². The van der Waals surface area contributed by atoms with Gasteiger partial charge in [0.15, 0.2) is 0 Å². The van der Waals surface area contributed by atoms with E-state index in [2.05, 4.69) is 4.90 Å². The topological polar surface area (TPSA) is 60.8 Å². The lowest BCUT2D eigenvalue weighted by Crippen LogP contribution is -2.35. The molecular weight excluding hydrogens is 261 g/mol. The number of hydrogen-bond acceptors (Lipinski definition) is 3. The summed E-state index contributed by atoms with van der Waals surface area (Å²) in [5.41, 5.74) is 0.0676. The van der Waals surface area contributed by atoms with Crippen LogP contribution in [-0.2, 0) is 11.3 Å². The fourth-order valence-corrected chi connectivity index (χ4v) is 3.85. The Bertz CT molecular complexity index is 528. The van der Waals surface area contributed by atoms with Crippen LogP contribution in [-0.4, -0.2) is 34.2 Å². The molecule has 1 aliphatic heterocycles. The monoisotopic (exact) mass is 279 g/mol. The van der Waals surface area contributed by atoms with E-state index in [1.54, 1.807) is 0 Å². The van der Waals surface area contributed by atoms with Crippen LogP contribution in [0.3, 0.4) is 0 Å². The van der Waals surface area contributed by atoms with Crippen molar-refractivity contribution < 1.29 is 19.4 Å². The molecule has 0 aromatic heterocycles. The van der Waals surface area contributed by atoms with Gasteiger partial charge in [0.1, 0.15) is 11.6 Å². The van der Waals surface area contributed by atoms with Gasteiger partial charge >= 0.3 is 5.97 Å². The van der Waals surface area contributed by atoms with E-state index in [0.29, 0.717) is 18.7 Å². The van der Waals surface area contributed by atoms with Gasteiger partial charge in [-0.25, -0.2) is 4.39 Å². The summed E-state index contributed by atoms with van der Waals surface area (Å²) in [7, 11) is 0. The fourth-order valence-electron chi connectivity index (χ4n) is 3.85. The molecule has 1 heterocycles. The van der Waals surface area contributed by atoms with E-state index in [1.165, 1.54) is 12.1 Å². The van der Waals surface area contributed by atoms with Crippen molar-refractivity contribution in [3.8, 4) is 5.75 Å². The van der Waals surface area contributed by atoms with Gasteiger partial charge in [-0.1, -0.05) is 6.42 Å². The molecule has 0 unspecified atom stereocenters. The highest BCUT2D eigenvalue weighted by molar-refractivity contribution is 5.76. The third kappa shape index (κ3) is 2.16. The molecule has 0 spiro atoms. The Kier molecular flexibility index (Phi) is 3.17. The first kappa shape index (κ1) is 13.4.